The molecule has 18 heavy (non-hydrogen) atoms. The lowest BCUT2D eigenvalue weighted by atomic mass is 10.0. The van der Waals surface area contributed by atoms with Crippen LogP contribution in [0, 0.1) is 19.8 Å². The summed E-state index contributed by atoms with van der Waals surface area (Å²) in [6, 6.07) is -0.442. The third-order valence-electron chi connectivity index (χ3n) is 2.76. The lowest BCUT2D eigenvalue weighted by molar-refractivity contribution is -0.119. The van der Waals surface area contributed by atoms with Gasteiger partial charge in [-0.1, -0.05) is 13.8 Å². The molecule has 0 bridgehead atoms. The van der Waals surface area contributed by atoms with Gasteiger partial charge in [-0.3, -0.25) is 4.79 Å². The number of aromatic nitrogens is 2. The van der Waals surface area contributed by atoms with Gasteiger partial charge in [-0.15, -0.1) is 0 Å². The molecule has 0 saturated heterocycles. The van der Waals surface area contributed by atoms with E-state index in [1.165, 1.54) is 0 Å². The van der Waals surface area contributed by atoms with E-state index in [0.29, 0.717) is 11.6 Å². The number of primary amides is 1. The van der Waals surface area contributed by atoms with E-state index in [0.717, 1.165) is 11.4 Å². The molecule has 0 aliphatic heterocycles. The number of nitrogens with one attached hydrogen (secondary N) is 2. The van der Waals surface area contributed by atoms with Crippen LogP contribution in [0.25, 0.3) is 0 Å². The van der Waals surface area contributed by atoms with Gasteiger partial charge in [0.2, 0.25) is 5.91 Å². The van der Waals surface area contributed by atoms with Crippen molar-refractivity contribution in [2.24, 2.45) is 11.7 Å². The van der Waals surface area contributed by atoms with Crippen LogP contribution in [0.3, 0.4) is 0 Å². The fourth-order valence-corrected chi connectivity index (χ4v) is 1.73. The normalized spacial score (nSPS) is 12.3. The van der Waals surface area contributed by atoms with Crippen molar-refractivity contribution in [1.29, 1.82) is 0 Å². The largest absolute Gasteiger partial charge is 0.373 e. The van der Waals surface area contributed by atoms with E-state index in [4.69, 9.17) is 5.73 Å². The number of nitrogens with zero attached hydrogens (tertiary/aromatic N) is 2. The Balaban J connectivity index is 3.10. The Morgan fingerprint density at radius 2 is 1.78 bits per heavy atom. The summed E-state index contributed by atoms with van der Waals surface area (Å²) in [5.74, 6) is 1.74. The molecule has 1 aromatic heterocycles. The zero-order chi connectivity index (χ0) is 13.9. The predicted octanol–water partition coefficient (Wildman–Crippen LogP) is 1.06. The lowest BCUT2D eigenvalue weighted by Gasteiger charge is -2.21. The molecule has 0 aliphatic rings. The van der Waals surface area contributed by atoms with Crippen molar-refractivity contribution in [3.05, 3.63) is 11.4 Å². The van der Waals surface area contributed by atoms with Crippen molar-refractivity contribution in [1.82, 2.24) is 9.97 Å². The SMILES string of the molecule is CNc1nc(C)nc(NC(C(N)=O)C(C)C)c1C. The minimum absolute atomic E-state index is 0.0928. The minimum Gasteiger partial charge on any atom is -0.373 e. The molecule has 1 heterocycles. The van der Waals surface area contributed by atoms with Crippen LogP contribution in [-0.2, 0) is 4.79 Å². The Bertz CT molecular complexity index is 444. The second-order valence-corrected chi connectivity index (χ2v) is 4.61. The Morgan fingerprint density at radius 1 is 1.22 bits per heavy atom. The maximum absolute atomic E-state index is 11.4. The number of hydrogen-bond donors (Lipinski definition) is 3. The molecule has 0 radical (unpaired) electrons. The standard InChI is InChI=1S/C12H21N5O/c1-6(2)9(10(13)18)17-12-7(3)11(14-5)15-8(4)16-12/h6,9H,1-5H3,(H2,13,18)(H2,14,15,16,17). The smallest absolute Gasteiger partial charge is 0.240 e. The molecule has 1 amide bonds. The molecule has 1 aromatic rings. The molecule has 100 valence electrons. The van der Waals surface area contributed by atoms with Crippen molar-refractivity contribution in [3.63, 3.8) is 0 Å². The third-order valence-corrected chi connectivity index (χ3v) is 2.76. The maximum Gasteiger partial charge on any atom is 0.240 e. The first-order valence-corrected chi connectivity index (χ1v) is 5.95. The summed E-state index contributed by atoms with van der Waals surface area (Å²) < 4.78 is 0. The van der Waals surface area contributed by atoms with Crippen molar-refractivity contribution in [3.8, 4) is 0 Å². The van der Waals surface area contributed by atoms with E-state index in [2.05, 4.69) is 20.6 Å². The second-order valence-electron chi connectivity index (χ2n) is 4.61. The molecule has 4 N–H and O–H groups in total. The lowest BCUT2D eigenvalue weighted by Crippen LogP contribution is -2.40. The monoisotopic (exact) mass is 251 g/mol. The molecule has 1 atom stereocenters. The maximum atomic E-state index is 11.4. The van der Waals surface area contributed by atoms with E-state index in [1.54, 1.807) is 14.0 Å². The topological polar surface area (TPSA) is 92.9 Å². The quantitative estimate of drug-likeness (QED) is 0.727. The molecule has 6 heteroatoms. The minimum atomic E-state index is -0.442. The molecule has 0 aromatic carbocycles. The first-order valence-electron chi connectivity index (χ1n) is 5.95. The van der Waals surface area contributed by atoms with Gasteiger partial charge in [-0.25, -0.2) is 9.97 Å². The van der Waals surface area contributed by atoms with Crippen LogP contribution < -0.4 is 16.4 Å². The van der Waals surface area contributed by atoms with Crippen LogP contribution in [0.15, 0.2) is 0 Å². The second kappa shape index (κ2) is 5.66. The Hall–Kier alpha value is -1.85. The summed E-state index contributed by atoms with van der Waals surface area (Å²) in [6.45, 7) is 7.57. The number of anilines is 2. The Labute approximate surface area is 107 Å². The van der Waals surface area contributed by atoms with Crippen LogP contribution >= 0.6 is 0 Å². The van der Waals surface area contributed by atoms with Crippen LogP contribution in [-0.4, -0.2) is 29.0 Å². The van der Waals surface area contributed by atoms with E-state index in [9.17, 15) is 4.79 Å². The molecule has 0 spiro atoms. The number of hydrogen-bond acceptors (Lipinski definition) is 5. The molecule has 1 rings (SSSR count). The van der Waals surface area contributed by atoms with E-state index >= 15 is 0 Å². The highest BCUT2D eigenvalue weighted by Gasteiger charge is 2.21. The fourth-order valence-electron chi connectivity index (χ4n) is 1.73. The molecule has 0 fully saturated rings. The summed E-state index contributed by atoms with van der Waals surface area (Å²) in [5.41, 5.74) is 6.25. The molecule has 0 aliphatic carbocycles. The molecular formula is C12H21N5O. The van der Waals surface area contributed by atoms with E-state index in [1.807, 2.05) is 20.8 Å². The predicted molar refractivity (Wildman–Crippen MR) is 72.5 cm³/mol. The summed E-state index contributed by atoms with van der Waals surface area (Å²) in [4.78, 5) is 20.0. The van der Waals surface area contributed by atoms with Gasteiger partial charge in [0.15, 0.2) is 0 Å². The van der Waals surface area contributed by atoms with Gasteiger partial charge in [-0.05, 0) is 19.8 Å². The first kappa shape index (κ1) is 14.2. The van der Waals surface area contributed by atoms with Crippen LogP contribution in [0.2, 0.25) is 0 Å². The third kappa shape index (κ3) is 3.09. The summed E-state index contributed by atoms with van der Waals surface area (Å²) >= 11 is 0. The summed E-state index contributed by atoms with van der Waals surface area (Å²) in [7, 11) is 1.80. The van der Waals surface area contributed by atoms with Gasteiger partial charge in [0, 0.05) is 12.6 Å². The highest BCUT2D eigenvalue weighted by Crippen LogP contribution is 2.21. The Kier molecular flexibility index (Phi) is 4.47. The van der Waals surface area contributed by atoms with Crippen molar-refractivity contribution in [2.75, 3.05) is 17.7 Å². The first-order chi connectivity index (χ1) is 8.36. The van der Waals surface area contributed by atoms with Gasteiger partial charge in [-0.2, -0.15) is 0 Å². The highest BCUT2D eigenvalue weighted by atomic mass is 16.1. The van der Waals surface area contributed by atoms with Gasteiger partial charge in [0.05, 0.1) is 0 Å². The van der Waals surface area contributed by atoms with Gasteiger partial charge >= 0.3 is 0 Å². The average molecular weight is 251 g/mol. The number of aryl methyl sites for hydroxylation is 1. The van der Waals surface area contributed by atoms with Gasteiger partial charge in [0.25, 0.3) is 0 Å². The average Bonchev–Trinajstić information content (AvgIpc) is 2.28. The van der Waals surface area contributed by atoms with Crippen molar-refractivity contribution < 1.29 is 4.79 Å². The fraction of sp³-hybridized carbons (Fsp3) is 0.583. The Morgan fingerprint density at radius 3 is 2.22 bits per heavy atom. The van der Waals surface area contributed by atoms with E-state index in [-0.39, 0.29) is 11.8 Å². The number of amides is 1. The zero-order valence-electron chi connectivity index (χ0n) is 11.5. The van der Waals surface area contributed by atoms with Crippen LogP contribution in [0.4, 0.5) is 11.6 Å². The van der Waals surface area contributed by atoms with E-state index < -0.39 is 6.04 Å². The molecular weight excluding hydrogens is 230 g/mol. The number of rotatable bonds is 5. The number of carbonyl (C=O) groups is 1. The summed E-state index contributed by atoms with van der Waals surface area (Å²) in [5, 5.41) is 6.10. The van der Waals surface area contributed by atoms with Crippen LogP contribution in [0.5, 0.6) is 0 Å². The van der Waals surface area contributed by atoms with Crippen molar-refractivity contribution in [2.45, 2.75) is 33.7 Å². The van der Waals surface area contributed by atoms with Crippen molar-refractivity contribution >= 4 is 17.5 Å². The molecule has 6 nitrogen and oxygen atoms in total. The molecule has 1 unspecified atom stereocenters. The van der Waals surface area contributed by atoms with Crippen LogP contribution in [0.1, 0.15) is 25.2 Å². The van der Waals surface area contributed by atoms with Gasteiger partial charge < -0.3 is 16.4 Å². The number of nitrogens with two attached hydrogens (primary N) is 1. The summed E-state index contributed by atoms with van der Waals surface area (Å²) in [6.07, 6.45) is 0. The highest BCUT2D eigenvalue weighted by molar-refractivity contribution is 5.83. The zero-order valence-corrected chi connectivity index (χ0v) is 11.5. The number of carbonyl (C=O) groups excluding carboxylic acids is 1. The van der Waals surface area contributed by atoms with Gasteiger partial charge in [0.1, 0.15) is 23.5 Å². The molecule has 0 saturated carbocycles.